The molecule has 0 radical (unpaired) electrons. The van der Waals surface area contributed by atoms with Gasteiger partial charge in [0, 0.05) is 33.1 Å². The van der Waals surface area contributed by atoms with Gasteiger partial charge in [0.25, 0.3) is 10.2 Å². The van der Waals surface area contributed by atoms with Gasteiger partial charge in [0.05, 0.1) is 25.2 Å². The summed E-state index contributed by atoms with van der Waals surface area (Å²) in [5.74, 6) is 1.09. The van der Waals surface area contributed by atoms with Crippen molar-refractivity contribution in [1.29, 1.82) is 0 Å². The van der Waals surface area contributed by atoms with Gasteiger partial charge in [-0.2, -0.15) is 17.0 Å². The number of ether oxygens (including phenoxy) is 1. The third kappa shape index (κ3) is 3.49. The van der Waals surface area contributed by atoms with Gasteiger partial charge in [-0.05, 0) is 19.1 Å². The van der Waals surface area contributed by atoms with E-state index in [4.69, 9.17) is 9.15 Å². The Balaban J connectivity index is 1.81. The number of carbonyl (C=O) groups excluding carboxylic acids is 1. The van der Waals surface area contributed by atoms with Gasteiger partial charge in [0.1, 0.15) is 11.5 Å². The molecule has 134 valence electrons. The Labute approximate surface area is 141 Å². The molecule has 0 aromatic carbocycles. The van der Waals surface area contributed by atoms with E-state index in [0.29, 0.717) is 32.1 Å². The number of furan rings is 1. The van der Waals surface area contributed by atoms with Crippen LogP contribution >= 0.6 is 0 Å². The minimum Gasteiger partial charge on any atom is -0.466 e. The minimum atomic E-state index is -3.57. The van der Waals surface area contributed by atoms with Crippen LogP contribution in [0.15, 0.2) is 16.5 Å². The zero-order valence-corrected chi connectivity index (χ0v) is 14.7. The Morgan fingerprint density at radius 1 is 1.21 bits per heavy atom. The normalized spacial score (nSPS) is 26.6. The monoisotopic (exact) mass is 357 g/mol. The maximum absolute atomic E-state index is 12.9. The van der Waals surface area contributed by atoms with Crippen LogP contribution < -0.4 is 5.32 Å². The Kier molecular flexibility index (Phi) is 4.95. The highest BCUT2D eigenvalue weighted by Crippen LogP contribution is 2.31. The van der Waals surface area contributed by atoms with E-state index in [1.807, 2.05) is 19.1 Å². The van der Waals surface area contributed by atoms with Crippen molar-refractivity contribution >= 4 is 16.1 Å². The molecule has 1 N–H and O–H groups in total. The van der Waals surface area contributed by atoms with Crippen molar-refractivity contribution < 1.29 is 22.4 Å². The number of nitrogens with zero attached hydrogens (tertiary/aromatic N) is 2. The largest absolute Gasteiger partial charge is 0.466 e. The third-order valence-corrected chi connectivity index (χ3v) is 6.39. The van der Waals surface area contributed by atoms with Crippen LogP contribution in [0.3, 0.4) is 0 Å². The summed E-state index contributed by atoms with van der Waals surface area (Å²) in [4.78, 5) is 11.5. The van der Waals surface area contributed by atoms with Crippen LogP contribution in [-0.2, 0) is 19.7 Å². The average Bonchev–Trinajstić information content (AvgIpc) is 3.14. The summed E-state index contributed by atoms with van der Waals surface area (Å²) in [6.07, 6.45) is 0. The number of hydrogen-bond donors (Lipinski definition) is 1. The SMILES string of the molecule is CC(=O)N[C@@H]1CN(S(=O)(=O)N2CCOCC2)C[C@H]1c1ccc(C)o1. The summed E-state index contributed by atoms with van der Waals surface area (Å²) < 4.78 is 39.5. The van der Waals surface area contributed by atoms with Gasteiger partial charge >= 0.3 is 0 Å². The number of aryl methyl sites for hydroxylation is 1. The summed E-state index contributed by atoms with van der Waals surface area (Å²) in [5.41, 5.74) is 0. The molecule has 3 heterocycles. The highest BCUT2D eigenvalue weighted by molar-refractivity contribution is 7.86. The lowest BCUT2D eigenvalue weighted by molar-refractivity contribution is -0.119. The lowest BCUT2D eigenvalue weighted by Crippen LogP contribution is -2.48. The van der Waals surface area contributed by atoms with Crippen LogP contribution in [0, 0.1) is 6.92 Å². The fourth-order valence-electron chi connectivity index (χ4n) is 3.25. The molecule has 2 aliphatic heterocycles. The molecule has 3 rings (SSSR count). The van der Waals surface area contributed by atoms with Crippen molar-refractivity contribution in [1.82, 2.24) is 13.9 Å². The second-order valence-electron chi connectivity index (χ2n) is 6.20. The molecule has 0 spiro atoms. The Morgan fingerprint density at radius 2 is 1.92 bits per heavy atom. The molecule has 2 atom stereocenters. The molecule has 0 saturated carbocycles. The zero-order chi connectivity index (χ0) is 17.3. The summed E-state index contributed by atoms with van der Waals surface area (Å²) in [7, 11) is -3.57. The number of carbonyl (C=O) groups is 1. The quantitative estimate of drug-likeness (QED) is 0.823. The molecular weight excluding hydrogens is 334 g/mol. The van der Waals surface area contributed by atoms with Gasteiger partial charge in [-0.3, -0.25) is 4.79 Å². The Bertz CT molecular complexity index is 696. The lowest BCUT2D eigenvalue weighted by Gasteiger charge is -2.30. The van der Waals surface area contributed by atoms with E-state index in [1.165, 1.54) is 15.5 Å². The number of rotatable bonds is 4. The van der Waals surface area contributed by atoms with Crippen molar-refractivity contribution in [3.63, 3.8) is 0 Å². The van der Waals surface area contributed by atoms with Crippen LogP contribution in [-0.4, -0.2) is 68.4 Å². The van der Waals surface area contributed by atoms with E-state index in [9.17, 15) is 13.2 Å². The molecule has 1 aromatic rings. The van der Waals surface area contributed by atoms with Crippen LogP contribution in [0.5, 0.6) is 0 Å². The first-order chi connectivity index (χ1) is 11.4. The molecule has 2 aliphatic rings. The lowest BCUT2D eigenvalue weighted by atomic mass is 10.0. The van der Waals surface area contributed by atoms with Crippen molar-refractivity contribution in [2.75, 3.05) is 39.4 Å². The van der Waals surface area contributed by atoms with Crippen LogP contribution in [0.2, 0.25) is 0 Å². The summed E-state index contributed by atoms with van der Waals surface area (Å²) in [6.45, 7) is 5.33. The summed E-state index contributed by atoms with van der Waals surface area (Å²) >= 11 is 0. The van der Waals surface area contributed by atoms with Crippen molar-refractivity contribution in [2.45, 2.75) is 25.8 Å². The van der Waals surface area contributed by atoms with Crippen molar-refractivity contribution in [2.24, 2.45) is 0 Å². The fraction of sp³-hybridized carbons (Fsp3) is 0.667. The van der Waals surface area contributed by atoms with E-state index in [2.05, 4.69) is 5.32 Å². The van der Waals surface area contributed by atoms with E-state index >= 15 is 0 Å². The van der Waals surface area contributed by atoms with Gasteiger partial charge in [-0.1, -0.05) is 0 Å². The van der Waals surface area contributed by atoms with Gasteiger partial charge in [0.15, 0.2) is 0 Å². The molecule has 9 heteroatoms. The Morgan fingerprint density at radius 3 is 2.50 bits per heavy atom. The minimum absolute atomic E-state index is 0.182. The van der Waals surface area contributed by atoms with E-state index in [-0.39, 0.29) is 31.0 Å². The highest BCUT2D eigenvalue weighted by atomic mass is 32.2. The maximum atomic E-state index is 12.9. The molecule has 24 heavy (non-hydrogen) atoms. The van der Waals surface area contributed by atoms with Crippen LogP contribution in [0.25, 0.3) is 0 Å². The molecule has 1 aromatic heterocycles. The first-order valence-corrected chi connectivity index (χ1v) is 9.44. The molecule has 0 bridgehead atoms. The Hall–Kier alpha value is -1.42. The first-order valence-electron chi connectivity index (χ1n) is 8.04. The molecule has 1 amide bonds. The number of hydrogen-bond acceptors (Lipinski definition) is 5. The maximum Gasteiger partial charge on any atom is 0.282 e. The molecule has 0 aliphatic carbocycles. The molecule has 2 fully saturated rings. The van der Waals surface area contributed by atoms with E-state index in [0.717, 1.165) is 5.76 Å². The fourth-order valence-corrected chi connectivity index (χ4v) is 4.88. The predicted octanol–water partition coefficient (Wildman–Crippen LogP) is 0.0689. The smallest absolute Gasteiger partial charge is 0.282 e. The molecular formula is C15H23N3O5S. The second-order valence-corrected chi connectivity index (χ2v) is 8.13. The third-order valence-electron chi connectivity index (χ3n) is 4.42. The highest BCUT2D eigenvalue weighted by Gasteiger charge is 2.43. The summed E-state index contributed by atoms with van der Waals surface area (Å²) in [5, 5.41) is 2.86. The van der Waals surface area contributed by atoms with Crippen LogP contribution in [0.4, 0.5) is 0 Å². The van der Waals surface area contributed by atoms with Crippen LogP contribution in [0.1, 0.15) is 24.4 Å². The predicted molar refractivity (Wildman–Crippen MR) is 86.7 cm³/mol. The zero-order valence-electron chi connectivity index (χ0n) is 13.9. The van der Waals surface area contributed by atoms with E-state index in [1.54, 1.807) is 0 Å². The second kappa shape index (κ2) is 6.83. The summed E-state index contributed by atoms with van der Waals surface area (Å²) in [6, 6.07) is 3.39. The topological polar surface area (TPSA) is 92.1 Å². The number of nitrogens with one attached hydrogen (secondary N) is 1. The number of amides is 1. The standard InChI is InChI=1S/C15H23N3O5S/c1-11-3-4-15(23-11)13-9-18(10-14(13)16-12(2)19)24(20,21)17-5-7-22-8-6-17/h3-4,13-14H,5-10H2,1-2H3,(H,16,19)/t13-,14-/m1/s1. The van der Waals surface area contributed by atoms with Gasteiger partial charge in [0.2, 0.25) is 5.91 Å². The van der Waals surface area contributed by atoms with Crippen molar-refractivity contribution in [3.8, 4) is 0 Å². The average molecular weight is 357 g/mol. The first kappa shape index (κ1) is 17.4. The van der Waals surface area contributed by atoms with Gasteiger partial charge in [-0.25, -0.2) is 0 Å². The van der Waals surface area contributed by atoms with Gasteiger partial charge in [-0.15, -0.1) is 0 Å². The number of morpholine rings is 1. The van der Waals surface area contributed by atoms with Gasteiger partial charge < -0.3 is 14.5 Å². The molecule has 8 nitrogen and oxygen atoms in total. The van der Waals surface area contributed by atoms with E-state index < -0.39 is 10.2 Å². The molecule has 0 unspecified atom stereocenters. The van der Waals surface area contributed by atoms with Crippen molar-refractivity contribution in [3.05, 3.63) is 23.7 Å². The molecule has 2 saturated heterocycles.